The fraction of sp³-hybridized carbons (Fsp3) is 0.267. The van der Waals surface area contributed by atoms with Crippen LogP contribution in [0.3, 0.4) is 0 Å². The van der Waals surface area contributed by atoms with Gasteiger partial charge in [-0.3, -0.25) is 4.98 Å². The predicted molar refractivity (Wildman–Crippen MR) is 74.4 cm³/mol. The third kappa shape index (κ3) is 2.53. The highest BCUT2D eigenvalue weighted by molar-refractivity contribution is 5.47. The smallest absolute Gasteiger partial charge is 0.231 e. The standard InChI is InChI=1S/C15H16N2O3/c1-10(16-2)13-5-3-12(8-17-13)20-11-4-6-14-15(7-11)19-9-18-14/h3-8,10,16H,9H2,1-2H3. The zero-order valence-electron chi connectivity index (χ0n) is 11.4. The van der Waals surface area contributed by atoms with Crippen molar-refractivity contribution in [2.75, 3.05) is 13.8 Å². The van der Waals surface area contributed by atoms with Crippen molar-refractivity contribution in [3.05, 3.63) is 42.2 Å². The van der Waals surface area contributed by atoms with Gasteiger partial charge in [-0.1, -0.05) is 0 Å². The van der Waals surface area contributed by atoms with Crippen LogP contribution in [0.1, 0.15) is 18.7 Å². The van der Waals surface area contributed by atoms with Gasteiger partial charge in [0.2, 0.25) is 6.79 Å². The fourth-order valence-corrected chi connectivity index (χ4v) is 1.93. The SMILES string of the molecule is CNC(C)c1ccc(Oc2ccc3c(c2)OCO3)cn1. The predicted octanol–water partition coefficient (Wildman–Crippen LogP) is 2.88. The molecule has 3 rings (SSSR count). The maximum Gasteiger partial charge on any atom is 0.231 e. The van der Waals surface area contributed by atoms with Gasteiger partial charge >= 0.3 is 0 Å². The topological polar surface area (TPSA) is 52.6 Å². The summed E-state index contributed by atoms with van der Waals surface area (Å²) in [5, 5.41) is 3.14. The van der Waals surface area contributed by atoms with E-state index in [1.165, 1.54) is 0 Å². The molecule has 1 aromatic carbocycles. The van der Waals surface area contributed by atoms with Crippen molar-refractivity contribution in [1.82, 2.24) is 10.3 Å². The first kappa shape index (κ1) is 12.7. The fourth-order valence-electron chi connectivity index (χ4n) is 1.93. The molecule has 5 nitrogen and oxygen atoms in total. The lowest BCUT2D eigenvalue weighted by molar-refractivity contribution is 0.174. The average molecular weight is 272 g/mol. The van der Waals surface area contributed by atoms with Crippen LogP contribution in [0, 0.1) is 0 Å². The molecule has 0 spiro atoms. The van der Waals surface area contributed by atoms with Gasteiger partial charge in [0.15, 0.2) is 11.5 Å². The molecule has 1 atom stereocenters. The zero-order chi connectivity index (χ0) is 13.9. The number of aromatic nitrogens is 1. The molecule has 0 radical (unpaired) electrons. The van der Waals surface area contributed by atoms with E-state index in [0.29, 0.717) is 17.2 Å². The lowest BCUT2D eigenvalue weighted by Crippen LogP contribution is -2.13. The second kappa shape index (κ2) is 5.38. The van der Waals surface area contributed by atoms with E-state index in [9.17, 15) is 0 Å². The van der Waals surface area contributed by atoms with Crippen LogP contribution in [0.25, 0.3) is 0 Å². The van der Waals surface area contributed by atoms with E-state index in [1.54, 1.807) is 6.20 Å². The molecule has 1 unspecified atom stereocenters. The Hall–Kier alpha value is -2.27. The first-order chi connectivity index (χ1) is 9.76. The molecule has 0 saturated carbocycles. The van der Waals surface area contributed by atoms with Gasteiger partial charge in [-0.15, -0.1) is 0 Å². The second-order valence-corrected chi connectivity index (χ2v) is 4.55. The van der Waals surface area contributed by atoms with Crippen LogP contribution < -0.4 is 19.5 Å². The second-order valence-electron chi connectivity index (χ2n) is 4.55. The molecule has 20 heavy (non-hydrogen) atoms. The third-order valence-electron chi connectivity index (χ3n) is 3.22. The number of nitrogens with zero attached hydrogens (tertiary/aromatic N) is 1. The third-order valence-corrected chi connectivity index (χ3v) is 3.22. The van der Waals surface area contributed by atoms with E-state index in [4.69, 9.17) is 14.2 Å². The summed E-state index contributed by atoms with van der Waals surface area (Å²) in [5.41, 5.74) is 0.977. The number of ether oxygens (including phenoxy) is 3. The number of hydrogen-bond acceptors (Lipinski definition) is 5. The lowest BCUT2D eigenvalue weighted by Gasteiger charge is -2.10. The van der Waals surface area contributed by atoms with Crippen molar-refractivity contribution in [2.24, 2.45) is 0 Å². The van der Waals surface area contributed by atoms with Gasteiger partial charge in [0.1, 0.15) is 11.5 Å². The van der Waals surface area contributed by atoms with E-state index in [-0.39, 0.29) is 12.8 Å². The van der Waals surface area contributed by atoms with E-state index < -0.39 is 0 Å². The van der Waals surface area contributed by atoms with Crippen molar-refractivity contribution < 1.29 is 14.2 Å². The summed E-state index contributed by atoms with van der Waals surface area (Å²) in [5.74, 6) is 2.84. The summed E-state index contributed by atoms with van der Waals surface area (Å²) in [6, 6.07) is 9.56. The van der Waals surface area contributed by atoms with Gasteiger partial charge in [-0.2, -0.15) is 0 Å². The summed E-state index contributed by atoms with van der Waals surface area (Å²) in [4.78, 5) is 4.37. The van der Waals surface area contributed by atoms with Crippen molar-refractivity contribution in [3.8, 4) is 23.0 Å². The van der Waals surface area contributed by atoms with E-state index in [0.717, 1.165) is 11.4 Å². The lowest BCUT2D eigenvalue weighted by atomic mass is 10.2. The minimum absolute atomic E-state index is 0.217. The van der Waals surface area contributed by atoms with Crippen molar-refractivity contribution >= 4 is 0 Å². The van der Waals surface area contributed by atoms with Crippen LogP contribution >= 0.6 is 0 Å². The Labute approximate surface area is 117 Å². The van der Waals surface area contributed by atoms with Gasteiger partial charge in [0, 0.05) is 12.1 Å². The molecule has 0 saturated heterocycles. The molecule has 2 aromatic rings. The van der Waals surface area contributed by atoms with Crippen LogP contribution in [0.4, 0.5) is 0 Å². The Balaban J connectivity index is 1.74. The first-order valence-corrected chi connectivity index (χ1v) is 6.47. The molecular formula is C15H16N2O3. The van der Waals surface area contributed by atoms with Gasteiger partial charge in [0.05, 0.1) is 11.9 Å². The summed E-state index contributed by atoms with van der Waals surface area (Å²) in [6.07, 6.45) is 1.72. The molecule has 0 amide bonds. The van der Waals surface area contributed by atoms with Crippen LogP contribution in [-0.4, -0.2) is 18.8 Å². The molecule has 0 fully saturated rings. The van der Waals surface area contributed by atoms with E-state index in [1.807, 2.05) is 37.4 Å². The van der Waals surface area contributed by atoms with Gasteiger partial charge in [0.25, 0.3) is 0 Å². The maximum absolute atomic E-state index is 5.75. The summed E-state index contributed by atoms with van der Waals surface area (Å²) in [6.45, 7) is 2.32. The Morgan fingerprint density at radius 1 is 1.15 bits per heavy atom. The number of nitrogens with one attached hydrogen (secondary N) is 1. The Morgan fingerprint density at radius 3 is 2.70 bits per heavy atom. The zero-order valence-corrected chi connectivity index (χ0v) is 11.4. The van der Waals surface area contributed by atoms with Gasteiger partial charge < -0.3 is 19.5 Å². The molecule has 1 aromatic heterocycles. The normalized spacial score (nSPS) is 14.1. The Morgan fingerprint density at radius 2 is 1.95 bits per heavy atom. The monoisotopic (exact) mass is 272 g/mol. The number of rotatable bonds is 4. The molecule has 1 aliphatic rings. The molecule has 0 bridgehead atoms. The maximum atomic E-state index is 5.75. The number of pyridine rings is 1. The van der Waals surface area contributed by atoms with Crippen LogP contribution in [-0.2, 0) is 0 Å². The average Bonchev–Trinajstić information content (AvgIpc) is 2.95. The van der Waals surface area contributed by atoms with Crippen molar-refractivity contribution in [3.63, 3.8) is 0 Å². The Kier molecular flexibility index (Phi) is 3.43. The highest BCUT2D eigenvalue weighted by atomic mass is 16.7. The summed E-state index contributed by atoms with van der Waals surface area (Å²) < 4.78 is 16.3. The van der Waals surface area contributed by atoms with Gasteiger partial charge in [-0.05, 0) is 38.2 Å². The van der Waals surface area contributed by atoms with Crippen LogP contribution in [0.5, 0.6) is 23.0 Å². The molecule has 1 N–H and O–H groups in total. The highest BCUT2D eigenvalue weighted by Gasteiger charge is 2.14. The minimum Gasteiger partial charge on any atom is -0.456 e. The van der Waals surface area contributed by atoms with Crippen molar-refractivity contribution in [1.29, 1.82) is 0 Å². The minimum atomic E-state index is 0.217. The van der Waals surface area contributed by atoms with E-state index >= 15 is 0 Å². The molecule has 5 heteroatoms. The number of fused-ring (bicyclic) bond motifs is 1. The van der Waals surface area contributed by atoms with Gasteiger partial charge in [-0.25, -0.2) is 0 Å². The molecule has 104 valence electrons. The molecule has 2 heterocycles. The summed E-state index contributed by atoms with van der Waals surface area (Å²) in [7, 11) is 1.91. The largest absolute Gasteiger partial charge is 0.456 e. The molecule has 1 aliphatic heterocycles. The Bertz CT molecular complexity index is 599. The number of benzene rings is 1. The first-order valence-electron chi connectivity index (χ1n) is 6.47. The van der Waals surface area contributed by atoms with Crippen LogP contribution in [0.2, 0.25) is 0 Å². The quantitative estimate of drug-likeness (QED) is 0.927. The summed E-state index contributed by atoms with van der Waals surface area (Å²) >= 11 is 0. The molecular weight excluding hydrogens is 256 g/mol. The van der Waals surface area contributed by atoms with Crippen molar-refractivity contribution in [2.45, 2.75) is 13.0 Å². The van der Waals surface area contributed by atoms with E-state index in [2.05, 4.69) is 17.2 Å². The highest BCUT2D eigenvalue weighted by Crippen LogP contribution is 2.36. The molecule has 0 aliphatic carbocycles. The number of hydrogen-bond donors (Lipinski definition) is 1. The van der Waals surface area contributed by atoms with Crippen LogP contribution in [0.15, 0.2) is 36.5 Å².